The zero-order valence-electron chi connectivity index (χ0n) is 13.7. The molecule has 0 bridgehead atoms. The topological polar surface area (TPSA) is 46.3 Å². The third kappa shape index (κ3) is 3.54. The molecular weight excluding hydrogens is 364 g/mol. The van der Waals surface area contributed by atoms with E-state index in [2.05, 4.69) is 59.3 Å². The molecule has 2 aliphatic rings. The van der Waals surface area contributed by atoms with Crippen LogP contribution in [0.5, 0.6) is 0 Å². The molecule has 1 heterocycles. The summed E-state index contributed by atoms with van der Waals surface area (Å²) in [7, 11) is 0. The van der Waals surface area contributed by atoms with Crippen molar-refractivity contribution >= 4 is 33.6 Å². The Morgan fingerprint density at radius 1 is 1.29 bits per heavy atom. The van der Waals surface area contributed by atoms with Gasteiger partial charge in [-0.3, -0.25) is 4.79 Å². The van der Waals surface area contributed by atoms with Gasteiger partial charge in [-0.15, -0.1) is 0 Å². The van der Waals surface area contributed by atoms with Crippen LogP contribution in [0.15, 0.2) is 64.2 Å². The lowest BCUT2D eigenvalue weighted by Crippen LogP contribution is -2.37. The van der Waals surface area contributed by atoms with Crippen molar-refractivity contribution < 1.29 is 4.79 Å². The van der Waals surface area contributed by atoms with Crippen LogP contribution in [0.3, 0.4) is 0 Å². The number of carbonyl (C=O) groups is 1. The summed E-state index contributed by atoms with van der Waals surface area (Å²) in [6.45, 7) is 2.79. The number of halogens is 1. The maximum Gasteiger partial charge on any atom is 0.210 e. The highest BCUT2D eigenvalue weighted by Crippen LogP contribution is 2.33. The van der Waals surface area contributed by atoms with Gasteiger partial charge in [0, 0.05) is 22.3 Å². The molecule has 0 aromatic heterocycles. The van der Waals surface area contributed by atoms with Gasteiger partial charge in [0.05, 0.1) is 6.04 Å². The SMILES string of the molecule is CC1=CCC=C(C2C=C(c3cc(Br)ccc3N)CCN2C=O)C=C1. The predicted octanol–water partition coefficient (Wildman–Crippen LogP) is 4.48. The van der Waals surface area contributed by atoms with Crippen LogP contribution in [0.4, 0.5) is 5.69 Å². The van der Waals surface area contributed by atoms with Gasteiger partial charge in [0.1, 0.15) is 0 Å². The zero-order chi connectivity index (χ0) is 17.1. The van der Waals surface area contributed by atoms with Crippen LogP contribution < -0.4 is 5.73 Å². The lowest BCUT2D eigenvalue weighted by molar-refractivity contribution is -0.118. The number of anilines is 1. The van der Waals surface area contributed by atoms with E-state index in [1.807, 2.05) is 17.0 Å². The Hall–Kier alpha value is -2.07. The Morgan fingerprint density at radius 2 is 2.12 bits per heavy atom. The number of hydrogen-bond donors (Lipinski definition) is 1. The highest BCUT2D eigenvalue weighted by molar-refractivity contribution is 9.10. The second kappa shape index (κ2) is 7.22. The summed E-state index contributed by atoms with van der Waals surface area (Å²) < 4.78 is 1.01. The van der Waals surface area contributed by atoms with Gasteiger partial charge in [-0.2, -0.15) is 0 Å². The molecule has 124 valence electrons. The molecule has 1 aliphatic heterocycles. The minimum absolute atomic E-state index is 0.0415. The summed E-state index contributed by atoms with van der Waals surface area (Å²) in [5.41, 5.74) is 11.6. The number of rotatable bonds is 3. The Bertz CT molecular complexity index is 774. The lowest BCUT2D eigenvalue weighted by Gasteiger charge is -2.33. The van der Waals surface area contributed by atoms with Crippen LogP contribution >= 0.6 is 15.9 Å². The molecule has 1 unspecified atom stereocenters. The van der Waals surface area contributed by atoms with Gasteiger partial charge in [-0.25, -0.2) is 0 Å². The van der Waals surface area contributed by atoms with E-state index in [9.17, 15) is 4.79 Å². The van der Waals surface area contributed by atoms with Crippen LogP contribution in [0.1, 0.15) is 25.3 Å². The summed E-state index contributed by atoms with van der Waals surface area (Å²) in [6, 6.07) is 5.87. The number of amides is 1. The van der Waals surface area contributed by atoms with Crippen molar-refractivity contribution in [1.82, 2.24) is 4.90 Å². The van der Waals surface area contributed by atoms with Gasteiger partial charge >= 0.3 is 0 Å². The molecule has 1 atom stereocenters. The van der Waals surface area contributed by atoms with Gasteiger partial charge in [-0.1, -0.05) is 51.9 Å². The number of nitrogens with two attached hydrogens (primary N) is 1. The van der Waals surface area contributed by atoms with Crippen molar-refractivity contribution in [2.45, 2.75) is 25.8 Å². The van der Waals surface area contributed by atoms with Crippen molar-refractivity contribution in [3.05, 3.63) is 69.8 Å². The number of nitrogen functional groups attached to an aromatic ring is 1. The second-order valence-electron chi connectivity index (χ2n) is 6.18. The van der Waals surface area contributed by atoms with Crippen LogP contribution in [0.2, 0.25) is 0 Å². The van der Waals surface area contributed by atoms with Crippen LogP contribution in [-0.2, 0) is 4.79 Å². The van der Waals surface area contributed by atoms with Crippen molar-refractivity contribution in [3.63, 3.8) is 0 Å². The van der Waals surface area contributed by atoms with E-state index in [0.717, 1.165) is 40.5 Å². The van der Waals surface area contributed by atoms with Gasteiger partial charge in [0.15, 0.2) is 0 Å². The fourth-order valence-corrected chi connectivity index (χ4v) is 3.52. The highest BCUT2D eigenvalue weighted by atomic mass is 79.9. The number of hydrogen-bond acceptors (Lipinski definition) is 2. The molecule has 1 aromatic rings. The van der Waals surface area contributed by atoms with Gasteiger partial charge in [-0.05, 0) is 49.1 Å². The van der Waals surface area contributed by atoms with Crippen LogP contribution in [-0.4, -0.2) is 23.9 Å². The molecule has 3 rings (SSSR count). The summed E-state index contributed by atoms with van der Waals surface area (Å²) in [5.74, 6) is 0. The Morgan fingerprint density at radius 3 is 2.92 bits per heavy atom. The first kappa shape index (κ1) is 16.8. The molecule has 0 saturated heterocycles. The number of benzene rings is 1. The fourth-order valence-electron chi connectivity index (χ4n) is 3.16. The van der Waals surface area contributed by atoms with E-state index in [1.54, 1.807) is 0 Å². The van der Waals surface area contributed by atoms with Gasteiger partial charge in [0.2, 0.25) is 6.41 Å². The molecule has 1 amide bonds. The second-order valence-corrected chi connectivity index (χ2v) is 7.10. The smallest absolute Gasteiger partial charge is 0.210 e. The summed E-state index contributed by atoms with van der Waals surface area (Å²) in [6.07, 6.45) is 13.4. The number of allylic oxidation sites excluding steroid dienone is 4. The molecule has 1 aromatic carbocycles. The summed E-state index contributed by atoms with van der Waals surface area (Å²) >= 11 is 3.52. The first-order chi connectivity index (χ1) is 11.6. The van der Waals surface area contributed by atoms with E-state index < -0.39 is 0 Å². The first-order valence-electron chi connectivity index (χ1n) is 8.10. The average Bonchev–Trinajstić information content (AvgIpc) is 2.81. The van der Waals surface area contributed by atoms with E-state index >= 15 is 0 Å². The van der Waals surface area contributed by atoms with Crippen molar-refractivity contribution in [2.24, 2.45) is 0 Å². The Kier molecular flexibility index (Phi) is 5.05. The molecule has 0 fully saturated rings. The lowest BCUT2D eigenvalue weighted by atomic mass is 9.91. The van der Waals surface area contributed by atoms with Crippen molar-refractivity contribution in [1.29, 1.82) is 0 Å². The van der Waals surface area contributed by atoms with Crippen LogP contribution in [0, 0.1) is 0 Å². The molecule has 0 spiro atoms. The molecule has 1 aliphatic carbocycles. The summed E-state index contributed by atoms with van der Waals surface area (Å²) in [4.78, 5) is 13.4. The van der Waals surface area contributed by atoms with E-state index in [4.69, 9.17) is 5.73 Å². The van der Waals surface area contributed by atoms with E-state index in [0.29, 0.717) is 6.54 Å². The molecule has 24 heavy (non-hydrogen) atoms. The third-order valence-corrected chi connectivity index (χ3v) is 5.02. The normalized spacial score (nSPS) is 20.8. The average molecular weight is 385 g/mol. The van der Waals surface area contributed by atoms with Crippen molar-refractivity contribution in [3.8, 4) is 0 Å². The molecular formula is C20H21BrN2O. The largest absolute Gasteiger partial charge is 0.398 e. The first-order valence-corrected chi connectivity index (χ1v) is 8.90. The predicted molar refractivity (Wildman–Crippen MR) is 103 cm³/mol. The van der Waals surface area contributed by atoms with Crippen molar-refractivity contribution in [2.75, 3.05) is 12.3 Å². The quantitative estimate of drug-likeness (QED) is 0.616. The zero-order valence-corrected chi connectivity index (χ0v) is 15.3. The molecule has 0 saturated carbocycles. The van der Waals surface area contributed by atoms with Gasteiger partial charge in [0.25, 0.3) is 0 Å². The van der Waals surface area contributed by atoms with E-state index in [1.165, 1.54) is 11.1 Å². The van der Waals surface area contributed by atoms with Crippen LogP contribution in [0.25, 0.3) is 5.57 Å². The number of carbonyl (C=O) groups excluding carboxylic acids is 1. The number of nitrogens with zero attached hydrogens (tertiary/aromatic N) is 1. The van der Waals surface area contributed by atoms with Gasteiger partial charge < -0.3 is 10.6 Å². The molecule has 0 radical (unpaired) electrons. The maximum absolute atomic E-state index is 11.5. The maximum atomic E-state index is 11.5. The fraction of sp³-hybridized carbons (Fsp3) is 0.250. The highest BCUT2D eigenvalue weighted by Gasteiger charge is 2.24. The molecule has 2 N–H and O–H groups in total. The Balaban J connectivity index is 1.99. The summed E-state index contributed by atoms with van der Waals surface area (Å²) in [5, 5.41) is 0. The van der Waals surface area contributed by atoms with E-state index in [-0.39, 0.29) is 6.04 Å². The molecule has 3 nitrogen and oxygen atoms in total. The molecule has 4 heteroatoms. The standard InChI is InChI=1S/C20H21BrN2O/c1-14-3-2-4-15(6-5-14)20-11-16(9-10-23(20)13-24)18-12-17(21)7-8-19(18)22/h3-8,11-13,20H,2,9-10,22H2,1H3. The minimum atomic E-state index is -0.0415. The minimum Gasteiger partial charge on any atom is -0.398 e. The monoisotopic (exact) mass is 384 g/mol. The third-order valence-electron chi connectivity index (χ3n) is 4.53. The Labute approximate surface area is 151 Å².